The van der Waals surface area contributed by atoms with Crippen LogP contribution in [-0.2, 0) is 0 Å². The highest BCUT2D eigenvalue weighted by Gasteiger charge is 2.18. The Balaban J connectivity index is 2.37. The number of hydrogen-bond acceptors (Lipinski definition) is 4. The average molecular weight is 331 g/mol. The molecule has 7 nitrogen and oxygen atoms in total. The lowest BCUT2D eigenvalue weighted by Crippen LogP contribution is -2.37. The van der Waals surface area contributed by atoms with E-state index in [0.717, 1.165) is 0 Å². The first-order valence-corrected chi connectivity index (χ1v) is 7.18. The minimum Gasteiger partial charge on any atom is -0.322 e. The smallest absolute Gasteiger partial charge is 0.322 e. The summed E-state index contributed by atoms with van der Waals surface area (Å²) in [4.78, 5) is 28.2. The third kappa shape index (κ3) is 3.25. The number of non-ortho nitro benzene ring substituents is 1. The van der Waals surface area contributed by atoms with Gasteiger partial charge >= 0.3 is 6.03 Å². The fourth-order valence-corrected chi connectivity index (χ4v) is 2.33. The number of halogens is 2. The van der Waals surface area contributed by atoms with Crippen LogP contribution in [-0.4, -0.2) is 50.3 Å². The number of alkyl halides is 2. The van der Waals surface area contributed by atoms with E-state index in [2.05, 4.69) is 4.98 Å². The molecular weight excluding hydrogens is 319 g/mol. The second kappa shape index (κ2) is 6.73. The molecule has 0 fully saturated rings. The summed E-state index contributed by atoms with van der Waals surface area (Å²) in [7, 11) is 0. The predicted octanol–water partition coefficient (Wildman–Crippen LogP) is 2.69. The summed E-state index contributed by atoms with van der Waals surface area (Å²) in [6, 6.07) is 3.85. The molecule has 0 bridgehead atoms. The third-order valence-electron chi connectivity index (χ3n) is 2.93. The van der Waals surface area contributed by atoms with Crippen LogP contribution in [0, 0.1) is 10.1 Å². The van der Waals surface area contributed by atoms with Crippen LogP contribution in [0.25, 0.3) is 11.0 Å². The Morgan fingerprint density at radius 2 is 2.00 bits per heavy atom. The van der Waals surface area contributed by atoms with E-state index < -0.39 is 4.92 Å². The van der Waals surface area contributed by atoms with E-state index >= 15 is 0 Å². The highest BCUT2D eigenvalue weighted by molar-refractivity contribution is 6.18. The molecule has 1 aromatic carbocycles. The maximum atomic E-state index is 12.4. The largest absolute Gasteiger partial charge is 0.329 e. The molecule has 0 spiro atoms. The maximum Gasteiger partial charge on any atom is 0.329 e. The Bertz CT molecular complexity index is 668. The van der Waals surface area contributed by atoms with Crippen molar-refractivity contribution < 1.29 is 9.72 Å². The number of nitro groups is 1. The molecule has 1 aromatic heterocycles. The fourth-order valence-electron chi connectivity index (χ4n) is 1.93. The van der Waals surface area contributed by atoms with E-state index in [1.165, 1.54) is 34.0 Å². The van der Waals surface area contributed by atoms with Gasteiger partial charge in [-0.15, -0.1) is 23.2 Å². The summed E-state index contributed by atoms with van der Waals surface area (Å²) in [5.41, 5.74) is 0.813. The van der Waals surface area contributed by atoms with Gasteiger partial charge in [-0.25, -0.2) is 9.78 Å². The van der Waals surface area contributed by atoms with Gasteiger partial charge in [-0.1, -0.05) is 0 Å². The quantitative estimate of drug-likeness (QED) is 0.479. The molecule has 0 radical (unpaired) electrons. The zero-order chi connectivity index (χ0) is 15.4. The van der Waals surface area contributed by atoms with Crippen molar-refractivity contribution in [2.45, 2.75) is 0 Å². The molecule has 0 atom stereocenters. The molecule has 2 aromatic rings. The van der Waals surface area contributed by atoms with Crippen molar-refractivity contribution in [1.29, 1.82) is 0 Å². The second-order valence-electron chi connectivity index (χ2n) is 4.19. The van der Waals surface area contributed by atoms with Gasteiger partial charge in [-0.3, -0.25) is 14.7 Å². The van der Waals surface area contributed by atoms with E-state index in [0.29, 0.717) is 35.9 Å². The van der Waals surface area contributed by atoms with E-state index in [4.69, 9.17) is 23.2 Å². The van der Waals surface area contributed by atoms with Gasteiger partial charge in [0, 0.05) is 37.0 Å². The number of amides is 1. The molecule has 1 amide bonds. The van der Waals surface area contributed by atoms with Gasteiger partial charge in [0.1, 0.15) is 6.33 Å². The first kappa shape index (κ1) is 15.5. The zero-order valence-electron chi connectivity index (χ0n) is 10.9. The number of nitrogens with zero attached hydrogens (tertiary/aromatic N) is 4. The number of benzene rings is 1. The number of imidazole rings is 1. The Kier molecular flexibility index (Phi) is 4.98. The normalized spacial score (nSPS) is 10.8. The van der Waals surface area contributed by atoms with Crippen molar-refractivity contribution >= 4 is 46.0 Å². The summed E-state index contributed by atoms with van der Waals surface area (Å²) in [6.07, 6.45) is 1.34. The van der Waals surface area contributed by atoms with E-state index in [9.17, 15) is 14.9 Å². The third-order valence-corrected chi connectivity index (χ3v) is 3.27. The number of aromatic nitrogens is 2. The number of hydrogen-bond donors (Lipinski definition) is 0. The van der Waals surface area contributed by atoms with Gasteiger partial charge in [-0.05, 0) is 6.07 Å². The van der Waals surface area contributed by atoms with Crippen LogP contribution in [0.5, 0.6) is 0 Å². The van der Waals surface area contributed by atoms with Gasteiger partial charge in [0.2, 0.25) is 0 Å². The first-order chi connectivity index (χ1) is 10.1. The number of carbonyl (C=O) groups excluding carboxylic acids is 1. The Morgan fingerprint density at radius 1 is 1.33 bits per heavy atom. The van der Waals surface area contributed by atoms with Crippen LogP contribution in [0.2, 0.25) is 0 Å². The van der Waals surface area contributed by atoms with Gasteiger partial charge in [0.05, 0.1) is 16.0 Å². The average Bonchev–Trinajstić information content (AvgIpc) is 2.89. The summed E-state index contributed by atoms with van der Waals surface area (Å²) in [5, 5.41) is 10.7. The number of carbonyl (C=O) groups is 1. The second-order valence-corrected chi connectivity index (χ2v) is 4.95. The predicted molar refractivity (Wildman–Crippen MR) is 80.2 cm³/mol. The number of fused-ring (bicyclic) bond motifs is 1. The molecule has 21 heavy (non-hydrogen) atoms. The molecule has 0 unspecified atom stereocenters. The molecule has 112 valence electrons. The molecule has 2 rings (SSSR count). The van der Waals surface area contributed by atoms with E-state index in [-0.39, 0.29) is 11.7 Å². The van der Waals surface area contributed by atoms with Crippen LogP contribution in [0.1, 0.15) is 0 Å². The molecule has 9 heteroatoms. The van der Waals surface area contributed by atoms with Crippen LogP contribution in [0.3, 0.4) is 0 Å². The van der Waals surface area contributed by atoms with E-state index in [1.54, 1.807) is 0 Å². The molecule has 0 aliphatic rings. The summed E-state index contributed by atoms with van der Waals surface area (Å²) >= 11 is 11.3. The van der Waals surface area contributed by atoms with Crippen molar-refractivity contribution in [3.63, 3.8) is 0 Å². The van der Waals surface area contributed by atoms with Crippen LogP contribution < -0.4 is 0 Å². The molecule has 0 N–H and O–H groups in total. The van der Waals surface area contributed by atoms with Crippen molar-refractivity contribution in [1.82, 2.24) is 14.5 Å². The first-order valence-electron chi connectivity index (χ1n) is 6.11. The molecular formula is C12H12Cl2N4O3. The SMILES string of the molecule is O=C(N(CCCl)CCCl)n1cnc2cc([N+](=O)[O-])ccc21. The lowest BCUT2D eigenvalue weighted by atomic mass is 10.3. The van der Waals surface area contributed by atoms with Crippen LogP contribution >= 0.6 is 23.2 Å². The van der Waals surface area contributed by atoms with Crippen molar-refractivity contribution in [3.05, 3.63) is 34.6 Å². The van der Waals surface area contributed by atoms with Gasteiger partial charge in [0.15, 0.2) is 0 Å². The monoisotopic (exact) mass is 330 g/mol. The molecule has 0 aliphatic heterocycles. The Morgan fingerprint density at radius 3 is 2.57 bits per heavy atom. The maximum absolute atomic E-state index is 12.4. The van der Waals surface area contributed by atoms with Crippen molar-refractivity contribution in [3.8, 4) is 0 Å². The van der Waals surface area contributed by atoms with Crippen molar-refractivity contribution in [2.75, 3.05) is 24.8 Å². The zero-order valence-corrected chi connectivity index (χ0v) is 12.4. The lowest BCUT2D eigenvalue weighted by molar-refractivity contribution is -0.384. The lowest BCUT2D eigenvalue weighted by Gasteiger charge is -2.20. The number of nitro benzene ring substituents is 1. The molecule has 1 heterocycles. The van der Waals surface area contributed by atoms with Crippen LogP contribution in [0.15, 0.2) is 24.5 Å². The molecule has 0 saturated heterocycles. The summed E-state index contributed by atoms with van der Waals surface area (Å²) in [5.74, 6) is 0.585. The summed E-state index contributed by atoms with van der Waals surface area (Å²) in [6.45, 7) is 0.722. The standard InChI is InChI=1S/C12H12Cl2N4O3/c13-3-5-16(6-4-14)12(19)17-8-15-10-7-9(18(20)21)1-2-11(10)17/h1-2,7-8H,3-6H2. The number of rotatable bonds is 5. The van der Waals surface area contributed by atoms with Gasteiger partial charge in [0.25, 0.3) is 5.69 Å². The van der Waals surface area contributed by atoms with Gasteiger partial charge in [-0.2, -0.15) is 0 Å². The minimum absolute atomic E-state index is 0.0708. The minimum atomic E-state index is -0.506. The topological polar surface area (TPSA) is 81.3 Å². The van der Waals surface area contributed by atoms with E-state index in [1.807, 2.05) is 0 Å². The van der Waals surface area contributed by atoms with Gasteiger partial charge < -0.3 is 4.90 Å². The Hall–Kier alpha value is -1.86. The molecule has 0 aliphatic carbocycles. The summed E-state index contributed by atoms with van der Waals surface area (Å²) < 4.78 is 1.33. The Labute approximate surface area is 130 Å². The van der Waals surface area contributed by atoms with Crippen LogP contribution in [0.4, 0.5) is 10.5 Å². The highest BCUT2D eigenvalue weighted by atomic mass is 35.5. The highest BCUT2D eigenvalue weighted by Crippen LogP contribution is 2.20. The fraction of sp³-hybridized carbons (Fsp3) is 0.333. The van der Waals surface area contributed by atoms with Crippen molar-refractivity contribution in [2.24, 2.45) is 0 Å². The molecule has 0 saturated carbocycles.